The van der Waals surface area contributed by atoms with Crippen LogP contribution in [-0.4, -0.2) is 31.7 Å². The zero-order valence-electron chi connectivity index (χ0n) is 14.5. The molecule has 0 saturated carbocycles. The summed E-state index contributed by atoms with van der Waals surface area (Å²) >= 11 is 12.0. The predicted octanol–water partition coefficient (Wildman–Crippen LogP) is 3.80. The van der Waals surface area contributed by atoms with E-state index in [1.54, 1.807) is 37.3 Å². The Morgan fingerprint density at radius 1 is 1.11 bits per heavy atom. The van der Waals surface area contributed by atoms with Crippen molar-refractivity contribution in [2.24, 2.45) is 0 Å². The number of ether oxygens (including phenoxy) is 3. The highest BCUT2D eigenvalue weighted by Crippen LogP contribution is 2.31. The van der Waals surface area contributed by atoms with Crippen molar-refractivity contribution >= 4 is 35.1 Å². The van der Waals surface area contributed by atoms with E-state index in [1.165, 1.54) is 6.07 Å². The van der Waals surface area contributed by atoms with Gasteiger partial charge in [-0.3, -0.25) is 4.79 Å². The molecule has 8 heteroatoms. The van der Waals surface area contributed by atoms with Crippen molar-refractivity contribution in [3.8, 4) is 11.5 Å². The fourth-order valence-electron chi connectivity index (χ4n) is 2.60. The zero-order valence-corrected chi connectivity index (χ0v) is 16.0. The molecule has 0 bridgehead atoms. The fourth-order valence-corrected chi connectivity index (χ4v) is 3.17. The minimum atomic E-state index is -0.626. The molecule has 1 heterocycles. The van der Waals surface area contributed by atoms with Crippen LogP contribution in [0.3, 0.4) is 0 Å². The molecular formula is C19H17Cl2NO5. The zero-order chi connectivity index (χ0) is 19.4. The van der Waals surface area contributed by atoms with Crippen molar-refractivity contribution in [3.05, 3.63) is 57.6 Å². The highest BCUT2D eigenvalue weighted by Gasteiger charge is 2.18. The SMILES string of the molecule is C[C@H](NC(=O)COC(=O)c1ccc2c(c1)OCCO2)c1ccc(Cl)cc1Cl. The van der Waals surface area contributed by atoms with E-state index in [0.717, 1.165) is 0 Å². The molecule has 0 radical (unpaired) electrons. The molecule has 1 aliphatic heterocycles. The molecule has 1 aliphatic rings. The van der Waals surface area contributed by atoms with Gasteiger partial charge in [0.25, 0.3) is 5.91 Å². The van der Waals surface area contributed by atoms with Crippen molar-refractivity contribution in [2.75, 3.05) is 19.8 Å². The van der Waals surface area contributed by atoms with Gasteiger partial charge < -0.3 is 19.5 Å². The van der Waals surface area contributed by atoms with Crippen molar-refractivity contribution < 1.29 is 23.8 Å². The van der Waals surface area contributed by atoms with Gasteiger partial charge in [0.05, 0.1) is 11.6 Å². The number of esters is 1. The van der Waals surface area contributed by atoms with Gasteiger partial charge in [-0.2, -0.15) is 0 Å². The standard InChI is InChI=1S/C19H17Cl2NO5/c1-11(14-4-3-13(20)9-15(14)21)22-18(23)10-27-19(24)12-2-5-16-17(8-12)26-7-6-25-16/h2-5,8-9,11H,6-7,10H2,1H3,(H,22,23)/t11-/m0/s1. The second-order valence-corrected chi connectivity index (χ2v) is 6.73. The van der Waals surface area contributed by atoms with Gasteiger partial charge in [-0.05, 0) is 42.8 Å². The third kappa shape index (κ3) is 4.84. The van der Waals surface area contributed by atoms with Crippen LogP contribution >= 0.6 is 23.2 Å². The maximum atomic E-state index is 12.1. The molecule has 6 nitrogen and oxygen atoms in total. The Labute approximate surface area is 166 Å². The summed E-state index contributed by atoms with van der Waals surface area (Å²) in [5.74, 6) is -0.0194. The Morgan fingerprint density at radius 3 is 2.59 bits per heavy atom. The fraction of sp³-hybridized carbons (Fsp3) is 0.263. The van der Waals surface area contributed by atoms with Gasteiger partial charge in [-0.1, -0.05) is 29.3 Å². The Hall–Kier alpha value is -2.44. The van der Waals surface area contributed by atoms with E-state index in [0.29, 0.717) is 40.3 Å². The lowest BCUT2D eigenvalue weighted by molar-refractivity contribution is -0.124. The van der Waals surface area contributed by atoms with E-state index in [1.807, 2.05) is 0 Å². The summed E-state index contributed by atoms with van der Waals surface area (Å²) in [4.78, 5) is 24.2. The lowest BCUT2D eigenvalue weighted by Gasteiger charge is -2.18. The van der Waals surface area contributed by atoms with Crippen LogP contribution < -0.4 is 14.8 Å². The molecule has 1 N–H and O–H groups in total. The van der Waals surface area contributed by atoms with E-state index in [4.69, 9.17) is 37.4 Å². The maximum Gasteiger partial charge on any atom is 0.338 e. The molecule has 0 saturated heterocycles. The van der Waals surface area contributed by atoms with E-state index in [9.17, 15) is 9.59 Å². The molecule has 1 atom stereocenters. The quantitative estimate of drug-likeness (QED) is 0.760. The van der Waals surface area contributed by atoms with Gasteiger partial charge in [0.15, 0.2) is 18.1 Å². The smallest absolute Gasteiger partial charge is 0.338 e. The summed E-state index contributed by atoms with van der Waals surface area (Å²) in [6, 6.07) is 9.38. The third-order valence-corrected chi connectivity index (χ3v) is 4.48. The molecular weight excluding hydrogens is 393 g/mol. The number of hydrogen-bond donors (Lipinski definition) is 1. The molecule has 1 amide bonds. The first kappa shape index (κ1) is 19.3. The highest BCUT2D eigenvalue weighted by atomic mass is 35.5. The van der Waals surface area contributed by atoms with E-state index in [2.05, 4.69) is 5.32 Å². The van der Waals surface area contributed by atoms with Crippen molar-refractivity contribution in [3.63, 3.8) is 0 Å². The number of fused-ring (bicyclic) bond motifs is 1. The predicted molar refractivity (Wildman–Crippen MR) is 101 cm³/mol. The number of halogens is 2. The van der Waals surface area contributed by atoms with Gasteiger partial charge in [0.1, 0.15) is 13.2 Å². The summed E-state index contributed by atoms with van der Waals surface area (Å²) in [7, 11) is 0. The molecule has 0 aliphatic carbocycles. The summed E-state index contributed by atoms with van der Waals surface area (Å²) < 4.78 is 15.9. The van der Waals surface area contributed by atoms with Crippen molar-refractivity contribution in [2.45, 2.75) is 13.0 Å². The molecule has 2 aromatic carbocycles. The average molecular weight is 410 g/mol. The number of amides is 1. The second kappa shape index (κ2) is 8.50. The minimum absolute atomic E-state index is 0.279. The Morgan fingerprint density at radius 2 is 1.85 bits per heavy atom. The number of rotatable bonds is 5. The monoisotopic (exact) mass is 409 g/mol. The highest BCUT2D eigenvalue weighted by molar-refractivity contribution is 6.35. The first-order valence-electron chi connectivity index (χ1n) is 8.25. The van der Waals surface area contributed by atoms with Crippen LogP contribution in [0.15, 0.2) is 36.4 Å². The number of carbonyl (C=O) groups excluding carboxylic acids is 2. The van der Waals surface area contributed by atoms with Gasteiger partial charge >= 0.3 is 5.97 Å². The van der Waals surface area contributed by atoms with Crippen LogP contribution in [0.5, 0.6) is 11.5 Å². The van der Waals surface area contributed by atoms with Crippen LogP contribution in [0, 0.1) is 0 Å². The molecule has 0 unspecified atom stereocenters. The average Bonchev–Trinajstić information content (AvgIpc) is 2.65. The summed E-state index contributed by atoms with van der Waals surface area (Å²) in [6.45, 7) is 2.24. The van der Waals surface area contributed by atoms with E-state index < -0.39 is 18.5 Å². The number of hydrogen-bond acceptors (Lipinski definition) is 5. The third-order valence-electron chi connectivity index (χ3n) is 3.92. The molecule has 3 rings (SSSR count). The summed E-state index contributed by atoms with van der Waals surface area (Å²) in [6.07, 6.45) is 0. The number of benzene rings is 2. The molecule has 27 heavy (non-hydrogen) atoms. The number of carbonyl (C=O) groups is 2. The lowest BCUT2D eigenvalue weighted by atomic mass is 10.1. The minimum Gasteiger partial charge on any atom is -0.486 e. The largest absolute Gasteiger partial charge is 0.486 e. The molecule has 0 spiro atoms. The van der Waals surface area contributed by atoms with Crippen molar-refractivity contribution in [1.82, 2.24) is 5.32 Å². The second-order valence-electron chi connectivity index (χ2n) is 5.89. The van der Waals surface area contributed by atoms with Gasteiger partial charge in [-0.25, -0.2) is 4.79 Å². The Balaban J connectivity index is 1.54. The van der Waals surface area contributed by atoms with Gasteiger partial charge in [0.2, 0.25) is 0 Å². The van der Waals surface area contributed by atoms with Crippen LogP contribution in [0.2, 0.25) is 10.0 Å². The van der Waals surface area contributed by atoms with Gasteiger partial charge in [-0.15, -0.1) is 0 Å². The molecule has 2 aromatic rings. The van der Waals surface area contributed by atoms with Crippen molar-refractivity contribution in [1.29, 1.82) is 0 Å². The van der Waals surface area contributed by atoms with Crippen LogP contribution in [0.25, 0.3) is 0 Å². The number of nitrogens with one attached hydrogen (secondary N) is 1. The Bertz CT molecular complexity index is 871. The van der Waals surface area contributed by atoms with E-state index in [-0.39, 0.29) is 11.6 Å². The van der Waals surface area contributed by atoms with Crippen LogP contribution in [0.4, 0.5) is 0 Å². The van der Waals surface area contributed by atoms with Gasteiger partial charge in [0, 0.05) is 10.0 Å². The topological polar surface area (TPSA) is 73.9 Å². The Kier molecular flexibility index (Phi) is 6.08. The lowest BCUT2D eigenvalue weighted by Crippen LogP contribution is -2.31. The van der Waals surface area contributed by atoms with Crippen LogP contribution in [0.1, 0.15) is 28.9 Å². The molecule has 0 fully saturated rings. The summed E-state index contributed by atoms with van der Waals surface area (Å²) in [5, 5.41) is 3.68. The maximum absolute atomic E-state index is 12.1. The normalized spacial score (nSPS) is 13.6. The first-order chi connectivity index (χ1) is 12.9. The molecule has 0 aromatic heterocycles. The molecule has 142 valence electrons. The van der Waals surface area contributed by atoms with Crippen LogP contribution in [-0.2, 0) is 9.53 Å². The van der Waals surface area contributed by atoms with E-state index >= 15 is 0 Å². The summed E-state index contributed by atoms with van der Waals surface area (Å²) in [5.41, 5.74) is 0.994. The first-order valence-corrected chi connectivity index (χ1v) is 9.00.